The minimum atomic E-state index is -4.88. The van der Waals surface area contributed by atoms with Crippen LogP contribution in [0, 0.1) is 5.82 Å². The van der Waals surface area contributed by atoms with Crippen molar-refractivity contribution in [2.24, 2.45) is 0 Å². The number of hydrogen-bond acceptors (Lipinski definition) is 3. The summed E-state index contributed by atoms with van der Waals surface area (Å²) in [6.45, 7) is 5.36. The lowest BCUT2D eigenvalue weighted by Crippen LogP contribution is -2.45. The summed E-state index contributed by atoms with van der Waals surface area (Å²) in [5.74, 6) is -1.78. The van der Waals surface area contributed by atoms with Gasteiger partial charge in [0.05, 0.1) is 0 Å². The highest BCUT2D eigenvalue weighted by Gasteiger charge is 2.32. The number of nitrogens with one attached hydrogen (secondary N) is 1. The average molecular weight is 379 g/mol. The number of benzene rings is 1. The molecule has 3 nitrogen and oxygen atoms in total. The summed E-state index contributed by atoms with van der Waals surface area (Å²) < 4.78 is 53.8. The first-order valence-corrected chi connectivity index (χ1v) is 6.90. The molecule has 0 bridgehead atoms. The highest BCUT2D eigenvalue weighted by atomic mass is 35.5. The van der Waals surface area contributed by atoms with Crippen LogP contribution in [-0.2, 0) is 0 Å². The maximum Gasteiger partial charge on any atom is 0.573 e. The molecule has 0 aliphatic carbocycles. The molecule has 1 aliphatic heterocycles. The van der Waals surface area contributed by atoms with Gasteiger partial charge in [0.2, 0.25) is 0 Å². The van der Waals surface area contributed by atoms with Gasteiger partial charge in [-0.3, -0.25) is 4.90 Å². The van der Waals surface area contributed by atoms with E-state index in [-0.39, 0.29) is 30.9 Å². The first kappa shape index (κ1) is 22.2. The van der Waals surface area contributed by atoms with Crippen molar-refractivity contribution in [1.82, 2.24) is 10.2 Å². The van der Waals surface area contributed by atoms with E-state index >= 15 is 0 Å². The Morgan fingerprint density at radius 1 is 1.22 bits per heavy atom. The summed E-state index contributed by atoms with van der Waals surface area (Å²) in [6.07, 6.45) is -4.12. The molecule has 23 heavy (non-hydrogen) atoms. The molecule has 1 N–H and O–H groups in total. The van der Waals surface area contributed by atoms with Gasteiger partial charge in [0, 0.05) is 32.2 Å². The van der Waals surface area contributed by atoms with Gasteiger partial charge >= 0.3 is 6.36 Å². The van der Waals surface area contributed by atoms with Crippen molar-refractivity contribution in [2.45, 2.75) is 25.7 Å². The molecule has 1 saturated heterocycles. The van der Waals surface area contributed by atoms with Crippen LogP contribution in [0.5, 0.6) is 5.75 Å². The standard InChI is InChI=1S/C14H18F4N2O.2ClH/c1-2-12(20-7-5-19-6-8-20)10-3-4-13(11(15)9-10)21-14(16,17)18;;/h3-4,9,12,19H,2,5-8H2,1H3;2*1H/t12-;;/m1../s1. The van der Waals surface area contributed by atoms with Gasteiger partial charge in [-0.1, -0.05) is 13.0 Å². The molecule has 9 heteroatoms. The van der Waals surface area contributed by atoms with Crippen molar-refractivity contribution in [1.29, 1.82) is 0 Å². The Labute approximate surface area is 145 Å². The molecule has 0 radical (unpaired) electrons. The second kappa shape index (κ2) is 9.52. The summed E-state index contributed by atoms with van der Waals surface area (Å²) in [5.41, 5.74) is 0.673. The van der Waals surface area contributed by atoms with Crippen molar-refractivity contribution in [3.63, 3.8) is 0 Å². The lowest BCUT2D eigenvalue weighted by atomic mass is 10.0. The number of hydrogen-bond donors (Lipinski definition) is 1. The predicted molar refractivity (Wildman–Crippen MR) is 85.1 cm³/mol. The third kappa shape index (κ3) is 6.33. The van der Waals surface area contributed by atoms with E-state index < -0.39 is 17.9 Å². The molecule has 0 aromatic heterocycles. The summed E-state index contributed by atoms with van der Waals surface area (Å²) in [4.78, 5) is 2.20. The second-order valence-corrected chi connectivity index (χ2v) is 4.95. The van der Waals surface area contributed by atoms with Gasteiger partial charge in [-0.05, 0) is 24.1 Å². The molecule has 1 atom stereocenters. The number of nitrogens with zero attached hydrogens (tertiary/aromatic N) is 1. The van der Waals surface area contributed by atoms with Crippen molar-refractivity contribution in [3.05, 3.63) is 29.6 Å². The van der Waals surface area contributed by atoms with Gasteiger partial charge in [0.15, 0.2) is 11.6 Å². The van der Waals surface area contributed by atoms with Crippen molar-refractivity contribution in [3.8, 4) is 5.75 Å². The highest BCUT2D eigenvalue weighted by Crippen LogP contribution is 2.30. The third-order valence-electron chi connectivity index (χ3n) is 3.55. The molecule has 1 aliphatic rings. The van der Waals surface area contributed by atoms with Crippen LogP contribution in [0.3, 0.4) is 0 Å². The lowest BCUT2D eigenvalue weighted by molar-refractivity contribution is -0.275. The number of halogens is 6. The smallest absolute Gasteiger partial charge is 0.403 e. The Morgan fingerprint density at radius 2 is 1.83 bits per heavy atom. The quantitative estimate of drug-likeness (QED) is 0.803. The van der Waals surface area contributed by atoms with Gasteiger partial charge in [-0.25, -0.2) is 4.39 Å². The van der Waals surface area contributed by atoms with Crippen LogP contribution in [0.15, 0.2) is 18.2 Å². The van der Waals surface area contributed by atoms with Gasteiger partial charge < -0.3 is 10.1 Å². The Balaban J connectivity index is 0.00000242. The van der Waals surface area contributed by atoms with Crippen LogP contribution in [0.2, 0.25) is 0 Å². The molecule has 2 rings (SSSR count). The maximum absolute atomic E-state index is 13.8. The number of ether oxygens (including phenoxy) is 1. The van der Waals surface area contributed by atoms with E-state index in [2.05, 4.69) is 15.0 Å². The largest absolute Gasteiger partial charge is 0.573 e. The van der Waals surface area contributed by atoms with E-state index in [1.54, 1.807) is 0 Å². The molecule has 0 amide bonds. The minimum absolute atomic E-state index is 0. The molecule has 1 fully saturated rings. The van der Waals surface area contributed by atoms with Crippen molar-refractivity contribution >= 4 is 24.8 Å². The van der Waals surface area contributed by atoms with Crippen LogP contribution in [-0.4, -0.2) is 37.4 Å². The molecule has 0 unspecified atom stereocenters. The summed E-state index contributed by atoms with van der Waals surface area (Å²) in [5, 5.41) is 3.23. The topological polar surface area (TPSA) is 24.5 Å². The van der Waals surface area contributed by atoms with E-state index in [1.165, 1.54) is 6.07 Å². The molecule has 0 saturated carbocycles. The van der Waals surface area contributed by atoms with Crippen molar-refractivity contribution in [2.75, 3.05) is 26.2 Å². The highest BCUT2D eigenvalue weighted by molar-refractivity contribution is 5.85. The third-order valence-corrected chi connectivity index (χ3v) is 3.55. The van der Waals surface area contributed by atoms with E-state index in [0.29, 0.717) is 5.56 Å². The number of piperazine rings is 1. The molecular formula is C14H20Cl2F4N2O. The van der Waals surface area contributed by atoms with Crippen LogP contribution in [0.25, 0.3) is 0 Å². The van der Waals surface area contributed by atoms with E-state index in [1.807, 2.05) is 6.92 Å². The van der Waals surface area contributed by atoms with Crippen LogP contribution >= 0.6 is 24.8 Å². The fraction of sp³-hybridized carbons (Fsp3) is 0.571. The van der Waals surface area contributed by atoms with Crippen LogP contribution in [0.1, 0.15) is 24.9 Å². The Bertz CT molecular complexity index is 482. The molecule has 134 valence electrons. The number of alkyl halides is 3. The molecule has 1 aromatic carbocycles. The maximum atomic E-state index is 13.8. The zero-order valence-corrected chi connectivity index (χ0v) is 14.2. The Kier molecular flexibility index (Phi) is 9.20. The first-order valence-electron chi connectivity index (χ1n) is 6.90. The average Bonchev–Trinajstić information content (AvgIpc) is 2.42. The van der Waals surface area contributed by atoms with Gasteiger partial charge in [0.25, 0.3) is 0 Å². The monoisotopic (exact) mass is 378 g/mol. The van der Waals surface area contributed by atoms with Gasteiger partial charge in [-0.2, -0.15) is 0 Å². The Hall–Kier alpha value is -0.760. The zero-order valence-electron chi connectivity index (χ0n) is 12.5. The zero-order chi connectivity index (χ0) is 15.5. The molecule has 0 spiro atoms. The normalized spacial score (nSPS) is 16.9. The summed E-state index contributed by atoms with van der Waals surface area (Å²) in [7, 11) is 0. The van der Waals surface area contributed by atoms with E-state index in [9.17, 15) is 17.6 Å². The van der Waals surface area contributed by atoms with Crippen molar-refractivity contribution < 1.29 is 22.3 Å². The first-order chi connectivity index (χ1) is 9.90. The second-order valence-electron chi connectivity index (χ2n) is 4.95. The van der Waals surface area contributed by atoms with E-state index in [4.69, 9.17) is 0 Å². The summed E-state index contributed by atoms with van der Waals surface area (Å²) in [6, 6.07) is 3.68. The predicted octanol–water partition coefficient (Wildman–Crippen LogP) is 3.92. The molecule has 1 aromatic rings. The van der Waals surface area contributed by atoms with Gasteiger partial charge in [-0.15, -0.1) is 38.0 Å². The fourth-order valence-corrected chi connectivity index (χ4v) is 2.63. The SMILES string of the molecule is CC[C@H](c1ccc(OC(F)(F)F)c(F)c1)N1CCNCC1.Cl.Cl. The number of rotatable bonds is 4. The van der Waals surface area contributed by atoms with Gasteiger partial charge in [0.1, 0.15) is 0 Å². The molecule has 1 heterocycles. The molecular weight excluding hydrogens is 359 g/mol. The minimum Gasteiger partial charge on any atom is -0.403 e. The van der Waals surface area contributed by atoms with Crippen LogP contribution < -0.4 is 10.1 Å². The fourth-order valence-electron chi connectivity index (χ4n) is 2.63. The van der Waals surface area contributed by atoms with E-state index in [0.717, 1.165) is 44.7 Å². The summed E-state index contributed by atoms with van der Waals surface area (Å²) >= 11 is 0. The Morgan fingerprint density at radius 3 is 2.30 bits per heavy atom. The lowest BCUT2D eigenvalue weighted by Gasteiger charge is -2.34. The van der Waals surface area contributed by atoms with Crippen LogP contribution in [0.4, 0.5) is 17.6 Å².